The van der Waals surface area contributed by atoms with Crippen LogP contribution < -0.4 is 5.32 Å². The summed E-state index contributed by atoms with van der Waals surface area (Å²) in [6.07, 6.45) is 2.53. The topological polar surface area (TPSA) is 154 Å². The van der Waals surface area contributed by atoms with Crippen LogP contribution in [0.15, 0.2) is 30.3 Å². The Morgan fingerprint density at radius 3 is 2.27 bits per heavy atom. The van der Waals surface area contributed by atoms with E-state index in [9.17, 15) is 9.59 Å². The first-order chi connectivity index (χ1) is 15.8. The third-order valence-corrected chi connectivity index (χ3v) is 5.43. The van der Waals surface area contributed by atoms with E-state index in [1.165, 1.54) is 5.56 Å². The van der Waals surface area contributed by atoms with Crippen LogP contribution in [-0.4, -0.2) is 101 Å². The Morgan fingerprint density at radius 1 is 1.03 bits per heavy atom. The van der Waals surface area contributed by atoms with Crippen molar-refractivity contribution in [1.82, 2.24) is 20.0 Å². The van der Waals surface area contributed by atoms with Crippen LogP contribution in [0.4, 0.5) is 4.79 Å². The summed E-state index contributed by atoms with van der Waals surface area (Å²) >= 11 is 0. The zero-order valence-corrected chi connectivity index (χ0v) is 18.4. The monoisotopic (exact) mass is 459 g/mol. The van der Waals surface area contributed by atoms with Crippen LogP contribution in [0.25, 0.3) is 0 Å². The Bertz CT molecular complexity index is 860. The predicted molar refractivity (Wildman–Crippen MR) is 117 cm³/mol. The number of hydrogen-bond acceptors (Lipinski definition) is 6. The molecule has 0 radical (unpaired) electrons. The molecule has 1 aromatic rings. The molecule has 0 unspecified atom stereocenters. The van der Waals surface area contributed by atoms with Crippen LogP contribution >= 0.6 is 0 Å². The third-order valence-electron chi connectivity index (χ3n) is 5.43. The lowest BCUT2D eigenvalue weighted by Crippen LogP contribution is -2.43. The fraction of sp³-hybridized carbons (Fsp3) is 0.500. The van der Waals surface area contributed by atoms with Crippen molar-refractivity contribution in [3.05, 3.63) is 35.9 Å². The van der Waals surface area contributed by atoms with E-state index in [1.54, 1.807) is 4.90 Å². The average molecular weight is 460 g/mol. The smallest absolute Gasteiger partial charge is 0.414 e. The molecule has 0 bridgehead atoms. The highest BCUT2D eigenvalue weighted by Gasteiger charge is 2.29. The lowest BCUT2D eigenvalue weighted by atomic mass is 10.1. The number of rotatable bonds is 8. The lowest BCUT2D eigenvalue weighted by Gasteiger charge is -2.21. The minimum absolute atomic E-state index is 0.0312. The van der Waals surface area contributed by atoms with Crippen molar-refractivity contribution in [2.75, 3.05) is 45.8 Å². The van der Waals surface area contributed by atoms with E-state index in [0.717, 1.165) is 38.9 Å². The molecule has 0 spiro atoms. The van der Waals surface area contributed by atoms with Crippen molar-refractivity contribution in [3.63, 3.8) is 0 Å². The molecule has 2 aliphatic rings. The maximum absolute atomic E-state index is 12.5. The highest BCUT2D eigenvalue weighted by atomic mass is 16.4. The minimum atomic E-state index is -1.82. The predicted octanol–water partition coefficient (Wildman–Crippen LogP) is 0.226. The molecule has 3 amide bonds. The first kappa shape index (κ1) is 25.6. The molecule has 2 saturated heterocycles. The molecule has 0 aliphatic carbocycles. The molecule has 3 N–H and O–H groups in total. The number of carboxylic acids is 2. The lowest BCUT2D eigenvalue weighted by molar-refractivity contribution is -0.159. The molecule has 2 aliphatic heterocycles. The first-order valence-electron chi connectivity index (χ1n) is 10.8. The van der Waals surface area contributed by atoms with Gasteiger partial charge in [-0.15, -0.1) is 0 Å². The Morgan fingerprint density at radius 2 is 1.67 bits per heavy atom. The number of likely N-dealkylation sites (tertiary alicyclic amines) is 1. The Kier molecular flexibility index (Phi) is 10.1. The molecule has 178 valence electrons. The zero-order valence-electron chi connectivity index (χ0n) is 18.4. The Labute approximate surface area is 192 Å². The van der Waals surface area contributed by atoms with Gasteiger partial charge in [-0.3, -0.25) is 4.79 Å². The van der Waals surface area contributed by atoms with Crippen molar-refractivity contribution in [1.29, 1.82) is 5.26 Å². The molecule has 11 heteroatoms. The fourth-order valence-electron chi connectivity index (χ4n) is 3.67. The molecule has 2 fully saturated rings. The van der Waals surface area contributed by atoms with Crippen molar-refractivity contribution in [3.8, 4) is 6.07 Å². The van der Waals surface area contributed by atoms with Crippen molar-refractivity contribution in [2.24, 2.45) is 0 Å². The second-order valence-electron chi connectivity index (χ2n) is 7.65. The first-order valence-corrected chi connectivity index (χ1v) is 10.8. The number of amides is 3. The largest absolute Gasteiger partial charge is 0.473 e. The van der Waals surface area contributed by atoms with Crippen LogP contribution in [0.5, 0.6) is 0 Å². The highest BCUT2D eigenvalue weighted by Crippen LogP contribution is 2.16. The van der Waals surface area contributed by atoms with Gasteiger partial charge in [-0.1, -0.05) is 30.3 Å². The van der Waals surface area contributed by atoms with E-state index in [-0.39, 0.29) is 24.5 Å². The summed E-state index contributed by atoms with van der Waals surface area (Å²) in [7, 11) is 0. The molecule has 1 atom stereocenters. The summed E-state index contributed by atoms with van der Waals surface area (Å²) in [5.41, 5.74) is 1.24. The quantitative estimate of drug-likeness (QED) is 0.369. The summed E-state index contributed by atoms with van der Waals surface area (Å²) in [6, 6.07) is 12.2. The van der Waals surface area contributed by atoms with Crippen LogP contribution in [0.1, 0.15) is 18.4 Å². The van der Waals surface area contributed by atoms with Crippen molar-refractivity contribution >= 4 is 23.9 Å². The Balaban J connectivity index is 0.000000569. The van der Waals surface area contributed by atoms with E-state index in [0.29, 0.717) is 19.6 Å². The fourth-order valence-corrected chi connectivity index (χ4v) is 3.67. The Hall–Kier alpha value is -3.65. The molecule has 1 aromatic carbocycles. The second kappa shape index (κ2) is 13.0. The van der Waals surface area contributed by atoms with Gasteiger partial charge >= 0.3 is 18.0 Å². The van der Waals surface area contributed by atoms with Crippen LogP contribution in [0, 0.1) is 11.3 Å². The number of nitrogens with one attached hydrogen (secondary N) is 1. The van der Waals surface area contributed by atoms with Gasteiger partial charge in [0.2, 0.25) is 5.91 Å². The third kappa shape index (κ3) is 8.08. The number of aliphatic carboxylic acids is 2. The van der Waals surface area contributed by atoms with Gasteiger partial charge in [0.1, 0.15) is 6.04 Å². The number of nitrogens with zero attached hydrogens (tertiary/aromatic N) is 4. The van der Waals surface area contributed by atoms with Crippen LogP contribution in [-0.2, 0) is 20.8 Å². The second-order valence-corrected chi connectivity index (χ2v) is 7.65. The molecule has 33 heavy (non-hydrogen) atoms. The maximum atomic E-state index is 12.5. The number of carbonyl (C=O) groups is 4. The van der Waals surface area contributed by atoms with Gasteiger partial charge in [-0.2, -0.15) is 5.26 Å². The molecular weight excluding hydrogens is 430 g/mol. The number of carboxylic acid groups (broad SMARTS) is 2. The van der Waals surface area contributed by atoms with E-state index in [2.05, 4.69) is 23.5 Å². The molecule has 0 saturated carbocycles. The standard InChI is InChI=1S/C20H27N5O2.C2H2O4/c21-15-18-7-4-10-25(18)19(26)16-22-9-12-24-14-13-23(20(24)27)11-8-17-5-2-1-3-6-17;3-1(4)2(5)6/h1-3,5-6,18,22H,4,7-14,16H2;(H,3,4)(H,5,6)/t18-;/m0./s1. The number of benzene rings is 1. The van der Waals surface area contributed by atoms with Crippen LogP contribution in [0.3, 0.4) is 0 Å². The van der Waals surface area contributed by atoms with E-state index >= 15 is 0 Å². The van der Waals surface area contributed by atoms with Crippen LogP contribution in [0.2, 0.25) is 0 Å². The molecule has 2 heterocycles. The van der Waals surface area contributed by atoms with Gasteiger partial charge in [0.25, 0.3) is 0 Å². The highest BCUT2D eigenvalue weighted by molar-refractivity contribution is 6.27. The number of carbonyl (C=O) groups excluding carboxylic acids is 2. The summed E-state index contributed by atoms with van der Waals surface area (Å²) in [4.78, 5) is 48.2. The summed E-state index contributed by atoms with van der Waals surface area (Å²) in [5, 5.41) is 27.0. The van der Waals surface area contributed by atoms with Gasteiger partial charge in [-0.25, -0.2) is 14.4 Å². The maximum Gasteiger partial charge on any atom is 0.414 e. The van der Waals surface area contributed by atoms with Gasteiger partial charge in [-0.05, 0) is 24.8 Å². The summed E-state index contributed by atoms with van der Waals surface area (Å²) in [5.74, 6) is -3.68. The summed E-state index contributed by atoms with van der Waals surface area (Å²) in [6.45, 7) is 4.27. The van der Waals surface area contributed by atoms with Gasteiger partial charge < -0.3 is 30.2 Å². The van der Waals surface area contributed by atoms with E-state index < -0.39 is 11.9 Å². The molecule has 0 aromatic heterocycles. The minimum Gasteiger partial charge on any atom is -0.473 e. The SMILES string of the molecule is N#C[C@@H]1CCCN1C(=O)CNCCN1CCN(CCc2ccccc2)C1=O.O=C(O)C(=O)O. The van der Waals surface area contributed by atoms with E-state index in [1.807, 2.05) is 28.0 Å². The van der Waals surface area contributed by atoms with E-state index in [4.69, 9.17) is 25.1 Å². The van der Waals surface area contributed by atoms with Gasteiger partial charge in [0, 0.05) is 39.3 Å². The number of nitriles is 1. The van der Waals surface area contributed by atoms with Crippen molar-refractivity contribution in [2.45, 2.75) is 25.3 Å². The number of urea groups is 1. The normalized spacial score (nSPS) is 17.4. The van der Waals surface area contributed by atoms with Crippen molar-refractivity contribution < 1.29 is 29.4 Å². The average Bonchev–Trinajstić information content (AvgIpc) is 3.43. The molecular formula is C22H29N5O6. The van der Waals surface area contributed by atoms with Gasteiger partial charge in [0.15, 0.2) is 0 Å². The molecule has 3 rings (SSSR count). The molecule has 11 nitrogen and oxygen atoms in total. The zero-order chi connectivity index (χ0) is 24.2. The summed E-state index contributed by atoms with van der Waals surface area (Å²) < 4.78 is 0. The number of hydrogen-bond donors (Lipinski definition) is 3. The van der Waals surface area contributed by atoms with Gasteiger partial charge in [0.05, 0.1) is 12.6 Å².